The van der Waals surface area contributed by atoms with E-state index in [9.17, 15) is 0 Å². The van der Waals surface area contributed by atoms with Crippen molar-refractivity contribution in [3.63, 3.8) is 0 Å². The zero-order chi connectivity index (χ0) is 16.6. The zero-order valence-corrected chi connectivity index (χ0v) is 13.6. The maximum atomic E-state index is 5.46. The molecule has 1 aliphatic rings. The van der Waals surface area contributed by atoms with E-state index in [0.717, 1.165) is 42.5 Å². The molecule has 0 atom stereocenters. The topological polar surface area (TPSA) is 81.8 Å². The molecular formula is C18H17N5O2. The monoisotopic (exact) mass is 335 g/mol. The van der Waals surface area contributed by atoms with Gasteiger partial charge in [0.25, 0.3) is 5.89 Å². The van der Waals surface area contributed by atoms with Crippen LogP contribution in [0, 0.1) is 0 Å². The Balaban J connectivity index is 1.47. The number of hydrogen-bond acceptors (Lipinski definition) is 5. The smallest absolute Gasteiger partial charge is 0.278 e. The Hall–Kier alpha value is -2.93. The average Bonchev–Trinajstić information content (AvgIpc) is 3.40. The second kappa shape index (κ2) is 5.86. The van der Waals surface area contributed by atoms with E-state index >= 15 is 0 Å². The minimum absolute atomic E-state index is 0.374. The van der Waals surface area contributed by atoms with Crippen LogP contribution < -0.4 is 0 Å². The quantitative estimate of drug-likeness (QED) is 0.620. The molecule has 1 N–H and O–H groups in total. The molecule has 0 amide bonds. The summed E-state index contributed by atoms with van der Waals surface area (Å²) in [5, 5.41) is 9.84. The van der Waals surface area contributed by atoms with Crippen molar-refractivity contribution in [2.45, 2.75) is 18.9 Å². The van der Waals surface area contributed by atoms with E-state index < -0.39 is 0 Å². The molecule has 25 heavy (non-hydrogen) atoms. The van der Waals surface area contributed by atoms with Crippen molar-refractivity contribution in [2.24, 2.45) is 0 Å². The molecule has 1 saturated heterocycles. The zero-order valence-electron chi connectivity index (χ0n) is 13.6. The van der Waals surface area contributed by atoms with Crippen molar-refractivity contribution in [1.82, 2.24) is 24.9 Å². The van der Waals surface area contributed by atoms with Gasteiger partial charge in [-0.05, 0) is 31.0 Å². The first-order valence-corrected chi connectivity index (χ1v) is 8.42. The molecule has 0 aliphatic carbocycles. The second-order valence-electron chi connectivity index (χ2n) is 6.19. The Kier molecular flexibility index (Phi) is 3.38. The number of H-pyrrole nitrogens is 1. The third-order valence-corrected chi connectivity index (χ3v) is 4.65. The fourth-order valence-electron chi connectivity index (χ4n) is 3.32. The number of nitrogens with zero attached hydrogens (tertiary/aromatic N) is 4. The molecule has 5 rings (SSSR count). The van der Waals surface area contributed by atoms with Gasteiger partial charge in [-0.1, -0.05) is 17.3 Å². The molecule has 3 aromatic heterocycles. The van der Waals surface area contributed by atoms with Crippen molar-refractivity contribution < 1.29 is 9.26 Å². The molecule has 0 spiro atoms. The minimum Gasteiger partial charge on any atom is -0.381 e. The number of aromatic amines is 1. The molecule has 0 bridgehead atoms. The van der Waals surface area contributed by atoms with Gasteiger partial charge in [-0.3, -0.25) is 4.68 Å². The van der Waals surface area contributed by atoms with Crippen LogP contribution in [0.3, 0.4) is 0 Å². The van der Waals surface area contributed by atoms with E-state index in [0.29, 0.717) is 23.5 Å². The lowest BCUT2D eigenvalue weighted by molar-refractivity contribution is 0.0663. The van der Waals surface area contributed by atoms with E-state index in [1.54, 1.807) is 0 Å². The predicted molar refractivity (Wildman–Crippen MR) is 91.9 cm³/mol. The summed E-state index contributed by atoms with van der Waals surface area (Å²) >= 11 is 0. The van der Waals surface area contributed by atoms with Crippen LogP contribution in [0.25, 0.3) is 33.9 Å². The van der Waals surface area contributed by atoms with Crippen LogP contribution in [-0.4, -0.2) is 38.1 Å². The van der Waals surface area contributed by atoms with E-state index in [1.165, 1.54) is 0 Å². The first-order valence-electron chi connectivity index (χ1n) is 8.42. The molecule has 1 aromatic carbocycles. The molecular weight excluding hydrogens is 318 g/mol. The van der Waals surface area contributed by atoms with Crippen molar-refractivity contribution in [1.29, 1.82) is 0 Å². The van der Waals surface area contributed by atoms with Crippen LogP contribution >= 0.6 is 0 Å². The third-order valence-electron chi connectivity index (χ3n) is 4.65. The van der Waals surface area contributed by atoms with Gasteiger partial charge in [0.15, 0.2) is 5.69 Å². The summed E-state index contributed by atoms with van der Waals surface area (Å²) in [6.45, 7) is 1.57. The van der Waals surface area contributed by atoms with Crippen LogP contribution in [0.5, 0.6) is 0 Å². The fourth-order valence-corrected chi connectivity index (χ4v) is 3.32. The molecule has 0 radical (unpaired) electrons. The van der Waals surface area contributed by atoms with Gasteiger partial charge in [0, 0.05) is 42.1 Å². The standard InChI is InChI=1S/C18H17N5O2/c1-2-14(13-4-8-19-15(13)3-1)17-20-18(25-22-17)16-5-9-23(21-16)12-6-10-24-11-7-12/h1-5,8-9,12,19H,6-7,10-11H2. The van der Waals surface area contributed by atoms with Gasteiger partial charge in [-0.15, -0.1) is 0 Å². The molecule has 4 aromatic rings. The van der Waals surface area contributed by atoms with E-state index in [1.807, 2.05) is 47.4 Å². The summed E-state index contributed by atoms with van der Waals surface area (Å²) < 4.78 is 12.8. The lowest BCUT2D eigenvalue weighted by atomic mass is 10.1. The van der Waals surface area contributed by atoms with Crippen LogP contribution in [-0.2, 0) is 4.74 Å². The van der Waals surface area contributed by atoms with Crippen molar-refractivity contribution in [3.8, 4) is 23.0 Å². The highest BCUT2D eigenvalue weighted by Crippen LogP contribution is 2.28. The predicted octanol–water partition coefficient (Wildman–Crippen LogP) is 3.43. The number of hydrogen-bond donors (Lipinski definition) is 1. The summed E-state index contributed by atoms with van der Waals surface area (Å²) in [5.74, 6) is 1.01. The van der Waals surface area contributed by atoms with Gasteiger partial charge < -0.3 is 14.2 Å². The van der Waals surface area contributed by atoms with Gasteiger partial charge in [0.2, 0.25) is 5.82 Å². The first-order chi connectivity index (χ1) is 12.4. The third kappa shape index (κ3) is 2.53. The highest BCUT2D eigenvalue weighted by Gasteiger charge is 2.19. The van der Waals surface area contributed by atoms with Crippen molar-refractivity contribution >= 4 is 10.9 Å². The number of rotatable bonds is 3. The van der Waals surface area contributed by atoms with Gasteiger partial charge in [0.1, 0.15) is 0 Å². The van der Waals surface area contributed by atoms with E-state index in [2.05, 4.69) is 20.2 Å². The summed E-state index contributed by atoms with van der Waals surface area (Å²) in [6, 6.07) is 10.3. The molecule has 4 heterocycles. The Morgan fingerprint density at radius 2 is 2.04 bits per heavy atom. The number of fused-ring (bicyclic) bond motifs is 1. The molecule has 126 valence electrons. The van der Waals surface area contributed by atoms with E-state index in [-0.39, 0.29) is 0 Å². The second-order valence-corrected chi connectivity index (χ2v) is 6.19. The van der Waals surface area contributed by atoms with Gasteiger partial charge in [-0.25, -0.2) is 0 Å². The number of nitrogens with one attached hydrogen (secondary N) is 1. The Morgan fingerprint density at radius 1 is 1.12 bits per heavy atom. The Morgan fingerprint density at radius 3 is 2.96 bits per heavy atom. The number of benzene rings is 1. The van der Waals surface area contributed by atoms with Crippen molar-refractivity contribution in [2.75, 3.05) is 13.2 Å². The van der Waals surface area contributed by atoms with Gasteiger partial charge >= 0.3 is 0 Å². The van der Waals surface area contributed by atoms with Crippen LogP contribution in [0.1, 0.15) is 18.9 Å². The molecule has 1 fully saturated rings. The van der Waals surface area contributed by atoms with Crippen LogP contribution in [0.4, 0.5) is 0 Å². The molecule has 0 unspecified atom stereocenters. The van der Waals surface area contributed by atoms with Gasteiger partial charge in [-0.2, -0.15) is 10.1 Å². The fraction of sp³-hybridized carbons (Fsp3) is 0.278. The van der Waals surface area contributed by atoms with Gasteiger partial charge in [0.05, 0.1) is 6.04 Å². The molecule has 1 aliphatic heterocycles. The highest BCUT2D eigenvalue weighted by molar-refractivity contribution is 5.93. The van der Waals surface area contributed by atoms with E-state index in [4.69, 9.17) is 9.26 Å². The number of aromatic nitrogens is 5. The van der Waals surface area contributed by atoms with Crippen molar-refractivity contribution in [3.05, 3.63) is 42.7 Å². The molecule has 7 heteroatoms. The summed E-state index contributed by atoms with van der Waals surface area (Å²) in [5.41, 5.74) is 2.69. The summed E-state index contributed by atoms with van der Waals surface area (Å²) in [7, 11) is 0. The Labute approximate surface area is 143 Å². The summed E-state index contributed by atoms with van der Waals surface area (Å²) in [4.78, 5) is 7.74. The molecule has 7 nitrogen and oxygen atoms in total. The minimum atomic E-state index is 0.374. The lowest BCUT2D eigenvalue weighted by Gasteiger charge is -2.22. The molecule has 0 saturated carbocycles. The van der Waals surface area contributed by atoms with Crippen LogP contribution in [0.2, 0.25) is 0 Å². The Bertz CT molecular complexity index is 1010. The average molecular weight is 335 g/mol. The normalized spacial score (nSPS) is 15.8. The maximum absolute atomic E-state index is 5.46. The first kappa shape index (κ1) is 14.4. The van der Waals surface area contributed by atoms with Crippen LogP contribution in [0.15, 0.2) is 47.2 Å². The lowest BCUT2D eigenvalue weighted by Crippen LogP contribution is -2.19. The maximum Gasteiger partial charge on any atom is 0.278 e. The summed E-state index contributed by atoms with van der Waals surface area (Å²) in [6.07, 6.45) is 5.84. The number of ether oxygens (including phenoxy) is 1. The highest BCUT2D eigenvalue weighted by atomic mass is 16.5. The SMILES string of the molecule is c1cc(-c2noc(-c3ccn(C4CCOCC4)n3)n2)c2cc[nH]c2c1. The largest absolute Gasteiger partial charge is 0.381 e.